The third kappa shape index (κ3) is 6.29. The van der Waals surface area contributed by atoms with Crippen molar-refractivity contribution >= 4 is 29.3 Å². The number of thioether (sulfide) groups is 1. The van der Waals surface area contributed by atoms with E-state index < -0.39 is 0 Å². The first-order valence-corrected chi connectivity index (χ1v) is 8.86. The van der Waals surface area contributed by atoms with E-state index in [1.807, 2.05) is 24.3 Å². The van der Waals surface area contributed by atoms with Gasteiger partial charge in [0.2, 0.25) is 5.91 Å². The van der Waals surface area contributed by atoms with Crippen LogP contribution in [0.3, 0.4) is 0 Å². The lowest BCUT2D eigenvalue weighted by molar-refractivity contribution is -0.122. The van der Waals surface area contributed by atoms with Gasteiger partial charge >= 0.3 is 0 Å². The van der Waals surface area contributed by atoms with Crippen molar-refractivity contribution in [1.82, 2.24) is 10.2 Å². The molecule has 0 unspecified atom stereocenters. The number of amides is 1. The van der Waals surface area contributed by atoms with Gasteiger partial charge in [0.25, 0.3) is 0 Å². The van der Waals surface area contributed by atoms with Crippen LogP contribution in [0.15, 0.2) is 29.2 Å². The highest BCUT2D eigenvalue weighted by molar-refractivity contribution is 7.99. The molecule has 1 amide bonds. The van der Waals surface area contributed by atoms with Crippen molar-refractivity contribution in [1.29, 1.82) is 0 Å². The molecule has 0 bridgehead atoms. The van der Waals surface area contributed by atoms with Crippen molar-refractivity contribution in [3.8, 4) is 0 Å². The molecule has 21 heavy (non-hydrogen) atoms. The van der Waals surface area contributed by atoms with Crippen LogP contribution in [0.4, 0.5) is 0 Å². The second-order valence-corrected chi connectivity index (χ2v) is 7.16. The van der Waals surface area contributed by atoms with E-state index in [4.69, 9.17) is 11.6 Å². The van der Waals surface area contributed by atoms with Crippen molar-refractivity contribution < 1.29 is 4.79 Å². The molecule has 3 nitrogen and oxygen atoms in total. The molecule has 2 rings (SSSR count). The van der Waals surface area contributed by atoms with E-state index >= 15 is 0 Å². The zero-order valence-electron chi connectivity index (χ0n) is 12.5. The maximum atomic E-state index is 11.9. The molecular weight excluding hydrogens is 304 g/mol. The molecule has 1 heterocycles. The Labute approximate surface area is 136 Å². The Bertz CT molecular complexity index is 444. The molecule has 0 atom stereocenters. The van der Waals surface area contributed by atoms with Gasteiger partial charge in [-0.1, -0.05) is 11.6 Å². The zero-order valence-corrected chi connectivity index (χ0v) is 14.1. The van der Waals surface area contributed by atoms with Crippen molar-refractivity contribution in [2.75, 3.05) is 25.9 Å². The van der Waals surface area contributed by atoms with Crippen molar-refractivity contribution in [2.45, 2.75) is 36.6 Å². The minimum Gasteiger partial charge on any atom is -0.353 e. The molecule has 1 fully saturated rings. The van der Waals surface area contributed by atoms with Gasteiger partial charge in [-0.3, -0.25) is 4.79 Å². The van der Waals surface area contributed by atoms with Gasteiger partial charge in [0.05, 0.1) is 0 Å². The molecule has 0 spiro atoms. The number of piperidine rings is 1. The lowest BCUT2D eigenvalue weighted by Gasteiger charge is -2.29. The quantitative estimate of drug-likeness (QED) is 0.642. The summed E-state index contributed by atoms with van der Waals surface area (Å²) in [6.07, 6.45) is 3.67. The largest absolute Gasteiger partial charge is 0.353 e. The van der Waals surface area contributed by atoms with E-state index in [0.29, 0.717) is 12.5 Å². The molecule has 0 saturated carbocycles. The Balaban J connectivity index is 1.58. The smallest absolute Gasteiger partial charge is 0.220 e. The van der Waals surface area contributed by atoms with Gasteiger partial charge in [-0.25, -0.2) is 0 Å². The average Bonchev–Trinajstić information content (AvgIpc) is 2.48. The van der Waals surface area contributed by atoms with Crippen molar-refractivity contribution in [3.63, 3.8) is 0 Å². The fraction of sp³-hybridized carbons (Fsp3) is 0.562. The summed E-state index contributed by atoms with van der Waals surface area (Å²) in [5.74, 6) is 1.16. The highest BCUT2D eigenvalue weighted by atomic mass is 35.5. The maximum Gasteiger partial charge on any atom is 0.220 e. The Kier molecular flexibility index (Phi) is 6.87. The summed E-state index contributed by atoms with van der Waals surface area (Å²) in [4.78, 5) is 15.4. The number of hydrogen-bond acceptors (Lipinski definition) is 3. The predicted octanol–water partition coefficient (Wildman–Crippen LogP) is 3.42. The second kappa shape index (κ2) is 8.66. The van der Waals surface area contributed by atoms with Gasteiger partial charge in [-0.2, -0.15) is 0 Å². The normalized spacial score (nSPS) is 16.9. The van der Waals surface area contributed by atoms with E-state index in [9.17, 15) is 4.79 Å². The molecule has 1 saturated heterocycles. The summed E-state index contributed by atoms with van der Waals surface area (Å²) in [6, 6.07) is 8.21. The molecule has 1 aliphatic heterocycles. The van der Waals surface area contributed by atoms with Crippen molar-refractivity contribution in [2.24, 2.45) is 0 Å². The first-order chi connectivity index (χ1) is 10.1. The summed E-state index contributed by atoms with van der Waals surface area (Å²) >= 11 is 7.62. The molecule has 116 valence electrons. The molecule has 1 aliphatic rings. The van der Waals surface area contributed by atoms with E-state index in [-0.39, 0.29) is 5.91 Å². The number of benzene rings is 1. The third-order valence-corrected chi connectivity index (χ3v) is 5.06. The van der Waals surface area contributed by atoms with Crippen LogP contribution in [0.25, 0.3) is 0 Å². The number of carbonyl (C=O) groups excluding carboxylic acids is 1. The molecule has 1 N–H and O–H groups in total. The van der Waals surface area contributed by atoms with Crippen LogP contribution >= 0.6 is 23.4 Å². The Morgan fingerprint density at radius 3 is 2.67 bits per heavy atom. The maximum absolute atomic E-state index is 11.9. The summed E-state index contributed by atoms with van der Waals surface area (Å²) in [6.45, 7) is 2.16. The van der Waals surface area contributed by atoms with Gasteiger partial charge in [0.15, 0.2) is 0 Å². The molecule has 5 heteroatoms. The van der Waals surface area contributed by atoms with Crippen LogP contribution in [0.2, 0.25) is 5.02 Å². The molecule has 0 aliphatic carbocycles. The van der Waals surface area contributed by atoms with E-state index in [2.05, 4.69) is 17.3 Å². The second-order valence-electron chi connectivity index (χ2n) is 5.55. The van der Waals surface area contributed by atoms with Crippen LogP contribution in [0.5, 0.6) is 0 Å². The molecule has 1 aromatic rings. The number of rotatable bonds is 6. The molecule has 0 radical (unpaired) electrons. The fourth-order valence-corrected chi connectivity index (χ4v) is 3.39. The highest BCUT2D eigenvalue weighted by Gasteiger charge is 2.17. The number of nitrogens with zero attached hydrogens (tertiary/aromatic N) is 1. The third-order valence-electron chi connectivity index (χ3n) is 3.71. The molecular formula is C16H23ClN2OS. The SMILES string of the molecule is CN1CCC(NC(=O)CCCSc2ccc(Cl)cc2)CC1. The molecule has 1 aromatic carbocycles. The fourth-order valence-electron chi connectivity index (χ4n) is 2.41. The van der Waals surface area contributed by atoms with E-state index in [1.165, 1.54) is 4.90 Å². The lowest BCUT2D eigenvalue weighted by Crippen LogP contribution is -2.43. The monoisotopic (exact) mass is 326 g/mol. The minimum absolute atomic E-state index is 0.196. The summed E-state index contributed by atoms with van der Waals surface area (Å²) < 4.78 is 0. The van der Waals surface area contributed by atoms with E-state index in [1.54, 1.807) is 11.8 Å². The Hall–Kier alpha value is -0.710. The topological polar surface area (TPSA) is 32.3 Å². The average molecular weight is 327 g/mol. The summed E-state index contributed by atoms with van der Waals surface area (Å²) in [7, 11) is 2.13. The molecule has 0 aromatic heterocycles. The summed E-state index contributed by atoms with van der Waals surface area (Å²) in [5.41, 5.74) is 0. The first-order valence-electron chi connectivity index (χ1n) is 7.50. The number of likely N-dealkylation sites (tertiary alicyclic amines) is 1. The number of carbonyl (C=O) groups is 1. The number of hydrogen-bond donors (Lipinski definition) is 1. The van der Waals surface area contributed by atoms with Gasteiger partial charge in [0.1, 0.15) is 0 Å². The van der Waals surface area contributed by atoms with Crippen molar-refractivity contribution in [3.05, 3.63) is 29.3 Å². The Morgan fingerprint density at radius 1 is 1.33 bits per heavy atom. The Morgan fingerprint density at radius 2 is 2.00 bits per heavy atom. The first kappa shape index (κ1) is 16.7. The van der Waals surface area contributed by atoms with E-state index in [0.717, 1.165) is 43.1 Å². The van der Waals surface area contributed by atoms with Crippen LogP contribution in [-0.2, 0) is 4.79 Å². The standard InChI is InChI=1S/C16H23ClN2OS/c1-19-10-8-14(9-11-19)18-16(20)3-2-12-21-15-6-4-13(17)5-7-15/h4-7,14H,2-3,8-12H2,1H3,(H,18,20). The summed E-state index contributed by atoms with van der Waals surface area (Å²) in [5, 5.41) is 3.91. The van der Waals surface area contributed by atoms with Crippen LogP contribution in [0.1, 0.15) is 25.7 Å². The van der Waals surface area contributed by atoms with Crippen LogP contribution in [0, 0.1) is 0 Å². The minimum atomic E-state index is 0.196. The van der Waals surface area contributed by atoms with Crippen LogP contribution < -0.4 is 5.32 Å². The number of halogens is 1. The van der Waals surface area contributed by atoms with Gasteiger partial charge < -0.3 is 10.2 Å². The highest BCUT2D eigenvalue weighted by Crippen LogP contribution is 2.21. The number of nitrogens with one attached hydrogen (secondary N) is 1. The van der Waals surface area contributed by atoms with Gasteiger partial charge in [0, 0.05) is 22.4 Å². The van der Waals surface area contributed by atoms with Crippen LogP contribution in [-0.4, -0.2) is 42.7 Å². The predicted molar refractivity (Wildman–Crippen MR) is 90.1 cm³/mol. The lowest BCUT2D eigenvalue weighted by atomic mass is 10.1. The van der Waals surface area contributed by atoms with Gasteiger partial charge in [-0.15, -0.1) is 11.8 Å². The van der Waals surface area contributed by atoms with Gasteiger partial charge in [-0.05, 0) is 69.4 Å². The zero-order chi connectivity index (χ0) is 15.1.